The van der Waals surface area contributed by atoms with E-state index in [1.165, 1.54) is 12.1 Å². The maximum Gasteiger partial charge on any atom is 0.272 e. The summed E-state index contributed by atoms with van der Waals surface area (Å²) < 4.78 is 15.3. The zero-order chi connectivity index (χ0) is 14.0. The van der Waals surface area contributed by atoms with E-state index in [0.29, 0.717) is 6.54 Å². The number of hydrogen-bond acceptors (Lipinski definition) is 4. The number of nitro benzene ring substituents is 1. The van der Waals surface area contributed by atoms with Crippen LogP contribution < -0.4 is 5.32 Å². The Hall–Kier alpha value is -2.44. The van der Waals surface area contributed by atoms with Crippen LogP contribution in [0.1, 0.15) is 11.3 Å². The minimum Gasteiger partial charge on any atom is -0.378 e. The number of anilines is 1. The first-order valence-corrected chi connectivity index (χ1v) is 5.64. The molecule has 0 amide bonds. The van der Waals surface area contributed by atoms with Gasteiger partial charge in [0, 0.05) is 31.4 Å². The van der Waals surface area contributed by atoms with Crippen LogP contribution in [0.25, 0.3) is 0 Å². The van der Waals surface area contributed by atoms with Gasteiger partial charge in [-0.3, -0.25) is 14.8 Å². The number of non-ortho nitro benzene ring substituents is 1. The van der Waals surface area contributed by atoms with Gasteiger partial charge in [-0.15, -0.1) is 0 Å². The second-order valence-electron chi connectivity index (χ2n) is 4.19. The van der Waals surface area contributed by atoms with Crippen molar-refractivity contribution in [3.63, 3.8) is 0 Å². The second kappa shape index (κ2) is 5.05. The summed E-state index contributed by atoms with van der Waals surface area (Å²) in [5.41, 5.74) is 1.77. The van der Waals surface area contributed by atoms with E-state index in [2.05, 4.69) is 10.4 Å². The minimum atomic E-state index is -0.643. The van der Waals surface area contributed by atoms with Gasteiger partial charge in [-0.2, -0.15) is 5.10 Å². The highest BCUT2D eigenvalue weighted by atomic mass is 19.1. The topological polar surface area (TPSA) is 73.0 Å². The number of nitrogens with zero attached hydrogens (tertiary/aromatic N) is 3. The van der Waals surface area contributed by atoms with Crippen molar-refractivity contribution in [2.45, 2.75) is 13.5 Å². The van der Waals surface area contributed by atoms with Crippen molar-refractivity contribution in [1.29, 1.82) is 0 Å². The predicted molar refractivity (Wildman–Crippen MR) is 68.3 cm³/mol. The largest absolute Gasteiger partial charge is 0.378 e. The molecule has 1 aromatic carbocycles. The Morgan fingerprint density at radius 3 is 2.79 bits per heavy atom. The molecular formula is C12H13FN4O2. The van der Waals surface area contributed by atoms with Gasteiger partial charge in [0.25, 0.3) is 5.69 Å². The molecule has 0 radical (unpaired) electrons. The molecule has 19 heavy (non-hydrogen) atoms. The summed E-state index contributed by atoms with van der Waals surface area (Å²) in [6, 6.07) is 3.53. The first kappa shape index (κ1) is 13.0. The highest BCUT2D eigenvalue weighted by Gasteiger charge is 2.11. The van der Waals surface area contributed by atoms with Crippen molar-refractivity contribution in [3.05, 3.63) is 51.6 Å². The van der Waals surface area contributed by atoms with Gasteiger partial charge in [-0.25, -0.2) is 4.39 Å². The Morgan fingerprint density at radius 2 is 2.26 bits per heavy atom. The Morgan fingerprint density at radius 1 is 1.53 bits per heavy atom. The lowest BCUT2D eigenvalue weighted by Crippen LogP contribution is -2.02. The van der Waals surface area contributed by atoms with E-state index in [1.807, 2.05) is 20.2 Å². The third-order valence-corrected chi connectivity index (χ3v) is 2.75. The monoisotopic (exact) mass is 264 g/mol. The summed E-state index contributed by atoms with van der Waals surface area (Å²) in [4.78, 5) is 9.87. The number of halogens is 1. The standard InChI is InChI=1S/C12H13FN4O2/c1-8-9(7-16(2)15-8)6-14-12-4-3-10(17(18)19)5-11(12)13/h3-5,7,14H,6H2,1-2H3. The molecule has 0 atom stereocenters. The molecule has 1 heterocycles. The molecule has 0 saturated carbocycles. The van der Waals surface area contributed by atoms with Crippen LogP contribution in [0.4, 0.5) is 15.8 Å². The summed E-state index contributed by atoms with van der Waals surface area (Å²) >= 11 is 0. The zero-order valence-corrected chi connectivity index (χ0v) is 10.6. The van der Waals surface area contributed by atoms with Crippen molar-refractivity contribution < 1.29 is 9.31 Å². The van der Waals surface area contributed by atoms with Crippen LogP contribution in [0, 0.1) is 22.9 Å². The van der Waals surface area contributed by atoms with Gasteiger partial charge in [-0.05, 0) is 13.0 Å². The Labute approximate surface area is 109 Å². The zero-order valence-electron chi connectivity index (χ0n) is 10.6. The summed E-state index contributed by atoms with van der Waals surface area (Å²) in [5, 5.41) is 17.6. The van der Waals surface area contributed by atoms with Crippen LogP contribution in [-0.2, 0) is 13.6 Å². The molecule has 0 aliphatic rings. The summed E-state index contributed by atoms with van der Waals surface area (Å²) in [6.07, 6.45) is 1.84. The van der Waals surface area contributed by atoms with Crippen LogP contribution in [-0.4, -0.2) is 14.7 Å². The van der Waals surface area contributed by atoms with Crippen LogP contribution in [0.15, 0.2) is 24.4 Å². The number of nitro groups is 1. The van der Waals surface area contributed by atoms with E-state index in [0.717, 1.165) is 17.3 Å². The Bertz CT molecular complexity index is 624. The van der Waals surface area contributed by atoms with Gasteiger partial charge < -0.3 is 5.32 Å². The molecule has 2 rings (SSSR count). The molecule has 0 spiro atoms. The van der Waals surface area contributed by atoms with Gasteiger partial charge in [0.15, 0.2) is 5.82 Å². The van der Waals surface area contributed by atoms with Crippen LogP contribution >= 0.6 is 0 Å². The van der Waals surface area contributed by atoms with Crippen molar-refractivity contribution in [2.75, 3.05) is 5.32 Å². The van der Waals surface area contributed by atoms with E-state index in [4.69, 9.17) is 0 Å². The molecule has 1 N–H and O–H groups in total. The third-order valence-electron chi connectivity index (χ3n) is 2.75. The number of rotatable bonds is 4. The van der Waals surface area contributed by atoms with Crippen LogP contribution in [0.2, 0.25) is 0 Å². The molecular weight excluding hydrogens is 251 g/mol. The van der Waals surface area contributed by atoms with Gasteiger partial charge >= 0.3 is 0 Å². The lowest BCUT2D eigenvalue weighted by Gasteiger charge is -2.06. The molecule has 0 aliphatic heterocycles. The van der Waals surface area contributed by atoms with Crippen molar-refractivity contribution in [1.82, 2.24) is 9.78 Å². The van der Waals surface area contributed by atoms with Gasteiger partial charge in [0.1, 0.15) is 0 Å². The number of benzene rings is 1. The molecule has 1 aromatic heterocycles. The van der Waals surface area contributed by atoms with Gasteiger partial charge in [0.2, 0.25) is 0 Å². The van der Waals surface area contributed by atoms with E-state index in [9.17, 15) is 14.5 Å². The minimum absolute atomic E-state index is 0.230. The molecule has 2 aromatic rings. The first-order chi connectivity index (χ1) is 8.97. The van der Waals surface area contributed by atoms with E-state index in [1.54, 1.807) is 4.68 Å². The molecule has 0 bridgehead atoms. The van der Waals surface area contributed by atoms with E-state index in [-0.39, 0.29) is 11.4 Å². The van der Waals surface area contributed by atoms with Crippen molar-refractivity contribution in [3.8, 4) is 0 Å². The number of aromatic nitrogens is 2. The lowest BCUT2D eigenvalue weighted by molar-refractivity contribution is -0.385. The second-order valence-corrected chi connectivity index (χ2v) is 4.19. The first-order valence-electron chi connectivity index (χ1n) is 5.64. The highest BCUT2D eigenvalue weighted by Crippen LogP contribution is 2.21. The smallest absolute Gasteiger partial charge is 0.272 e. The SMILES string of the molecule is Cc1nn(C)cc1CNc1ccc([N+](=O)[O-])cc1F. The Kier molecular flexibility index (Phi) is 3.46. The Balaban J connectivity index is 2.12. The summed E-state index contributed by atoms with van der Waals surface area (Å²) in [7, 11) is 1.81. The molecule has 0 saturated heterocycles. The van der Waals surface area contributed by atoms with Gasteiger partial charge in [-0.1, -0.05) is 0 Å². The summed E-state index contributed by atoms with van der Waals surface area (Å²) in [5.74, 6) is -0.643. The third kappa shape index (κ3) is 2.87. The highest BCUT2D eigenvalue weighted by molar-refractivity contribution is 5.50. The van der Waals surface area contributed by atoms with E-state index < -0.39 is 10.7 Å². The summed E-state index contributed by atoms with van der Waals surface area (Å²) in [6.45, 7) is 2.28. The lowest BCUT2D eigenvalue weighted by atomic mass is 10.2. The molecule has 0 aliphatic carbocycles. The average molecular weight is 264 g/mol. The number of nitrogens with one attached hydrogen (secondary N) is 1. The quantitative estimate of drug-likeness (QED) is 0.679. The fraction of sp³-hybridized carbons (Fsp3) is 0.250. The molecule has 7 heteroatoms. The molecule has 6 nitrogen and oxygen atoms in total. The molecule has 0 unspecified atom stereocenters. The van der Waals surface area contributed by atoms with Crippen molar-refractivity contribution >= 4 is 11.4 Å². The number of hydrogen-bond donors (Lipinski definition) is 1. The number of aryl methyl sites for hydroxylation is 2. The average Bonchev–Trinajstić information content (AvgIpc) is 2.66. The van der Waals surface area contributed by atoms with E-state index >= 15 is 0 Å². The van der Waals surface area contributed by atoms with Crippen molar-refractivity contribution in [2.24, 2.45) is 7.05 Å². The predicted octanol–water partition coefficient (Wildman–Crippen LogP) is 2.39. The fourth-order valence-electron chi connectivity index (χ4n) is 1.77. The normalized spacial score (nSPS) is 10.5. The fourth-order valence-corrected chi connectivity index (χ4v) is 1.77. The van der Waals surface area contributed by atoms with Gasteiger partial charge in [0.05, 0.1) is 22.4 Å². The maximum absolute atomic E-state index is 13.6. The maximum atomic E-state index is 13.6. The van der Waals surface area contributed by atoms with Crippen LogP contribution in [0.3, 0.4) is 0 Å². The molecule has 100 valence electrons. The molecule has 0 fully saturated rings. The van der Waals surface area contributed by atoms with Crippen LogP contribution in [0.5, 0.6) is 0 Å².